The summed E-state index contributed by atoms with van der Waals surface area (Å²) < 4.78 is 51.4. The van der Waals surface area contributed by atoms with E-state index in [1.54, 1.807) is 24.3 Å². The molecule has 2 aliphatic rings. The van der Waals surface area contributed by atoms with Gasteiger partial charge in [-0.3, -0.25) is 9.69 Å². The molecule has 0 bridgehead atoms. The molecule has 1 saturated heterocycles. The van der Waals surface area contributed by atoms with Crippen molar-refractivity contribution >= 4 is 28.9 Å². The standard InChI is InChI=1S/C25H23F3N4O4S/c1-35-21-13-16(2-5-20(21)36-19-4-3-17(15-29)12-18(19)25(26,27)28)14-22-23(34)30-24(37-22)32-8-6-31(7-9-32)10-11-33/h2-5,12-14,33H,6-11H2,1H3. The molecular formula is C25H23F3N4O4S. The molecule has 2 aliphatic heterocycles. The zero-order valence-corrected chi connectivity index (χ0v) is 20.6. The molecular weight excluding hydrogens is 509 g/mol. The van der Waals surface area contributed by atoms with Crippen LogP contribution < -0.4 is 9.47 Å². The van der Waals surface area contributed by atoms with Crippen LogP contribution in [0.5, 0.6) is 17.2 Å². The number of thioether (sulfide) groups is 1. The van der Waals surface area contributed by atoms with Crippen LogP contribution in [0.3, 0.4) is 0 Å². The van der Waals surface area contributed by atoms with E-state index in [9.17, 15) is 18.0 Å². The van der Waals surface area contributed by atoms with Crippen LogP contribution in [-0.2, 0) is 11.0 Å². The third kappa shape index (κ3) is 6.25. The average molecular weight is 533 g/mol. The summed E-state index contributed by atoms with van der Waals surface area (Å²) in [5.74, 6) is -0.620. The summed E-state index contributed by atoms with van der Waals surface area (Å²) in [6, 6.07) is 9.36. The Morgan fingerprint density at radius 2 is 1.86 bits per heavy atom. The van der Waals surface area contributed by atoms with Crippen LogP contribution in [0.25, 0.3) is 6.08 Å². The highest BCUT2D eigenvalue weighted by atomic mass is 32.2. The van der Waals surface area contributed by atoms with Crippen LogP contribution >= 0.6 is 11.8 Å². The van der Waals surface area contributed by atoms with Gasteiger partial charge < -0.3 is 19.5 Å². The summed E-state index contributed by atoms with van der Waals surface area (Å²) in [7, 11) is 1.36. The Hall–Kier alpha value is -3.53. The number of ether oxygens (including phenoxy) is 2. The van der Waals surface area contributed by atoms with Gasteiger partial charge in [0.2, 0.25) is 0 Å². The van der Waals surface area contributed by atoms with Gasteiger partial charge in [-0.25, -0.2) is 0 Å². The van der Waals surface area contributed by atoms with Gasteiger partial charge in [0.1, 0.15) is 5.75 Å². The summed E-state index contributed by atoms with van der Waals surface area (Å²) in [6.45, 7) is 3.64. The van der Waals surface area contributed by atoms with E-state index in [0.717, 1.165) is 25.2 Å². The number of hydrogen-bond acceptors (Lipinski definition) is 8. The first-order chi connectivity index (χ1) is 17.7. The number of alkyl halides is 3. The Balaban J connectivity index is 1.50. The second-order valence-corrected chi connectivity index (χ2v) is 9.20. The number of rotatable bonds is 6. The number of carbonyl (C=O) groups excluding carboxylic acids is 1. The number of halogens is 3. The molecule has 0 spiro atoms. The number of aliphatic hydroxyl groups is 1. The van der Waals surface area contributed by atoms with Gasteiger partial charge in [-0.05, 0) is 53.7 Å². The van der Waals surface area contributed by atoms with Crippen molar-refractivity contribution < 1.29 is 32.5 Å². The maximum absolute atomic E-state index is 13.5. The van der Waals surface area contributed by atoms with Crippen LogP contribution in [0.15, 0.2) is 46.3 Å². The fraction of sp³-hybridized carbons (Fsp3) is 0.320. The van der Waals surface area contributed by atoms with Crippen molar-refractivity contribution in [2.75, 3.05) is 46.4 Å². The Bertz CT molecular complexity index is 1280. The molecule has 0 atom stereocenters. The monoisotopic (exact) mass is 532 g/mol. The first-order valence-electron chi connectivity index (χ1n) is 11.3. The lowest BCUT2D eigenvalue weighted by Crippen LogP contribution is -2.48. The Kier molecular flexibility index (Phi) is 8.06. The molecule has 0 aliphatic carbocycles. The van der Waals surface area contributed by atoms with Crippen LogP contribution in [0.1, 0.15) is 16.7 Å². The molecule has 1 fully saturated rings. The van der Waals surface area contributed by atoms with E-state index in [0.29, 0.717) is 35.3 Å². The molecule has 8 nitrogen and oxygen atoms in total. The molecule has 1 N–H and O–H groups in total. The van der Waals surface area contributed by atoms with Gasteiger partial charge in [0.25, 0.3) is 5.91 Å². The van der Waals surface area contributed by atoms with Crippen molar-refractivity contribution in [3.63, 3.8) is 0 Å². The third-order valence-corrected chi connectivity index (χ3v) is 6.83. The molecule has 37 heavy (non-hydrogen) atoms. The zero-order chi connectivity index (χ0) is 26.6. The number of nitriles is 1. The molecule has 0 unspecified atom stereocenters. The van der Waals surface area contributed by atoms with Crippen LogP contribution in [0.4, 0.5) is 13.2 Å². The molecule has 1 amide bonds. The van der Waals surface area contributed by atoms with Gasteiger partial charge in [-0.1, -0.05) is 6.07 Å². The lowest BCUT2D eigenvalue weighted by molar-refractivity contribution is -0.138. The normalized spacial score (nSPS) is 17.6. The first kappa shape index (κ1) is 26.5. The van der Waals surface area contributed by atoms with Gasteiger partial charge in [0.05, 0.1) is 35.8 Å². The number of β-amino-alcohol motifs (C(OH)–C–C–N with tert-alkyl or cyclic N) is 1. The Labute approximate surface area is 215 Å². The van der Waals surface area contributed by atoms with Gasteiger partial charge in [-0.15, -0.1) is 0 Å². The number of aliphatic imine (C=N–C) groups is 1. The maximum atomic E-state index is 13.5. The molecule has 2 heterocycles. The van der Waals surface area contributed by atoms with E-state index in [2.05, 4.69) is 9.89 Å². The predicted molar refractivity (Wildman–Crippen MR) is 132 cm³/mol. The molecule has 0 aromatic heterocycles. The number of aliphatic hydroxyl groups excluding tert-OH is 1. The minimum absolute atomic E-state index is 0.0444. The zero-order valence-electron chi connectivity index (χ0n) is 19.8. The number of benzene rings is 2. The number of carbonyl (C=O) groups is 1. The van der Waals surface area contributed by atoms with Gasteiger partial charge in [0, 0.05) is 32.7 Å². The summed E-state index contributed by atoms with van der Waals surface area (Å²) in [4.78, 5) is 21.3. The van der Waals surface area contributed by atoms with Crippen LogP contribution in [-0.4, -0.2) is 72.4 Å². The second-order valence-electron chi connectivity index (χ2n) is 8.20. The molecule has 12 heteroatoms. The number of amides is 1. The summed E-state index contributed by atoms with van der Waals surface area (Å²) >= 11 is 1.26. The van der Waals surface area contributed by atoms with Crippen molar-refractivity contribution in [3.05, 3.63) is 58.0 Å². The summed E-state index contributed by atoms with van der Waals surface area (Å²) in [6.07, 6.45) is -3.08. The predicted octanol–water partition coefficient (Wildman–Crippen LogP) is 3.96. The van der Waals surface area contributed by atoms with Crippen molar-refractivity contribution in [1.29, 1.82) is 5.26 Å². The molecule has 194 valence electrons. The maximum Gasteiger partial charge on any atom is 0.420 e. The third-order valence-electron chi connectivity index (χ3n) is 5.79. The molecule has 2 aromatic carbocycles. The Morgan fingerprint density at radius 1 is 1.14 bits per heavy atom. The van der Waals surface area contributed by atoms with Crippen molar-refractivity contribution in [3.8, 4) is 23.3 Å². The average Bonchev–Trinajstić information content (AvgIpc) is 3.25. The lowest BCUT2D eigenvalue weighted by Gasteiger charge is -2.34. The smallest absolute Gasteiger partial charge is 0.420 e. The van der Waals surface area contributed by atoms with Gasteiger partial charge in [0.15, 0.2) is 16.7 Å². The van der Waals surface area contributed by atoms with Crippen LogP contribution in [0.2, 0.25) is 0 Å². The number of nitrogens with zero attached hydrogens (tertiary/aromatic N) is 4. The largest absolute Gasteiger partial charge is 0.493 e. The van der Waals surface area contributed by atoms with Crippen molar-refractivity contribution in [2.24, 2.45) is 4.99 Å². The number of hydrogen-bond donors (Lipinski definition) is 1. The number of piperazine rings is 1. The van der Waals surface area contributed by atoms with E-state index in [-0.39, 0.29) is 29.6 Å². The second kappa shape index (κ2) is 11.2. The highest BCUT2D eigenvalue weighted by Gasteiger charge is 2.35. The molecule has 4 rings (SSSR count). The number of methoxy groups -OCH3 is 1. The Morgan fingerprint density at radius 3 is 2.51 bits per heavy atom. The fourth-order valence-corrected chi connectivity index (χ4v) is 4.84. The van der Waals surface area contributed by atoms with Gasteiger partial charge in [-0.2, -0.15) is 23.4 Å². The molecule has 0 radical (unpaired) electrons. The van der Waals surface area contributed by atoms with E-state index in [4.69, 9.17) is 19.8 Å². The van der Waals surface area contributed by atoms with E-state index < -0.39 is 17.5 Å². The van der Waals surface area contributed by atoms with E-state index >= 15 is 0 Å². The quantitative estimate of drug-likeness (QED) is 0.559. The molecule has 0 saturated carbocycles. The lowest BCUT2D eigenvalue weighted by atomic mass is 10.1. The summed E-state index contributed by atoms with van der Waals surface area (Å²) in [5.41, 5.74) is -0.629. The molecule has 2 aromatic rings. The minimum Gasteiger partial charge on any atom is -0.493 e. The van der Waals surface area contributed by atoms with Crippen molar-refractivity contribution in [1.82, 2.24) is 9.80 Å². The van der Waals surface area contributed by atoms with E-state index in [1.807, 2.05) is 4.90 Å². The first-order valence-corrected chi connectivity index (χ1v) is 12.1. The van der Waals surface area contributed by atoms with E-state index in [1.165, 1.54) is 31.0 Å². The van der Waals surface area contributed by atoms with Gasteiger partial charge >= 0.3 is 6.18 Å². The topological polar surface area (TPSA) is 98.4 Å². The SMILES string of the molecule is COc1cc(C=C2SC(N3CCN(CCO)CC3)=NC2=O)ccc1Oc1ccc(C#N)cc1C(F)(F)F. The minimum atomic E-state index is -4.72. The van der Waals surface area contributed by atoms with Crippen LogP contribution in [0, 0.1) is 11.3 Å². The number of amidine groups is 1. The highest BCUT2D eigenvalue weighted by molar-refractivity contribution is 8.18. The highest BCUT2D eigenvalue weighted by Crippen LogP contribution is 2.41. The fourth-order valence-electron chi connectivity index (χ4n) is 3.88. The summed E-state index contributed by atoms with van der Waals surface area (Å²) in [5, 5.41) is 18.7. The van der Waals surface area contributed by atoms with Crippen molar-refractivity contribution in [2.45, 2.75) is 6.18 Å².